The van der Waals surface area contributed by atoms with E-state index in [1.165, 1.54) is 0 Å². The van der Waals surface area contributed by atoms with Crippen molar-refractivity contribution in [3.63, 3.8) is 0 Å². The van der Waals surface area contributed by atoms with E-state index < -0.39 is 5.97 Å². The van der Waals surface area contributed by atoms with Crippen molar-refractivity contribution in [3.05, 3.63) is 42.0 Å². The Labute approximate surface area is 101 Å². The summed E-state index contributed by atoms with van der Waals surface area (Å²) in [5.41, 5.74) is 2.07. The second-order valence-corrected chi connectivity index (χ2v) is 3.76. The highest BCUT2D eigenvalue weighted by Gasteiger charge is 2.10. The van der Waals surface area contributed by atoms with Crippen molar-refractivity contribution in [3.8, 4) is 0 Å². The van der Waals surface area contributed by atoms with Crippen molar-refractivity contribution < 1.29 is 15.0 Å². The Balaban J connectivity index is 3.03. The fraction of sp³-hybridized carbons (Fsp3) is 0.308. The Morgan fingerprint density at radius 3 is 2.71 bits per heavy atom. The number of rotatable bonds is 6. The summed E-state index contributed by atoms with van der Waals surface area (Å²) in [4.78, 5) is 12.8. The van der Waals surface area contributed by atoms with Crippen LogP contribution in [0.1, 0.15) is 15.9 Å². The van der Waals surface area contributed by atoms with Crippen LogP contribution in [-0.2, 0) is 0 Å². The van der Waals surface area contributed by atoms with E-state index in [1.807, 2.05) is 11.8 Å². The molecular weight excluding hydrogens is 218 g/mol. The predicted octanol–water partition coefficient (Wildman–Crippen LogP) is 1.68. The number of carboxylic acid groups (broad SMARTS) is 1. The first kappa shape index (κ1) is 13.3. The van der Waals surface area contributed by atoms with Crippen LogP contribution in [0.5, 0.6) is 0 Å². The van der Waals surface area contributed by atoms with Crippen LogP contribution in [0.4, 0.5) is 5.69 Å². The zero-order chi connectivity index (χ0) is 12.8. The number of carbonyl (C=O) groups is 1. The lowest BCUT2D eigenvalue weighted by Gasteiger charge is -2.24. The molecule has 1 rings (SSSR count). The van der Waals surface area contributed by atoms with E-state index in [0.29, 0.717) is 13.1 Å². The molecule has 0 bridgehead atoms. The van der Waals surface area contributed by atoms with Gasteiger partial charge in [-0.15, -0.1) is 6.58 Å². The maximum Gasteiger partial charge on any atom is 0.335 e. The Hall–Kier alpha value is -1.81. The maximum atomic E-state index is 10.8. The second-order valence-electron chi connectivity index (χ2n) is 3.76. The molecule has 0 aliphatic rings. The number of aromatic carboxylic acids is 1. The lowest BCUT2D eigenvalue weighted by Crippen LogP contribution is -2.27. The largest absolute Gasteiger partial charge is 0.478 e. The predicted molar refractivity (Wildman–Crippen MR) is 67.6 cm³/mol. The summed E-state index contributed by atoms with van der Waals surface area (Å²) >= 11 is 0. The van der Waals surface area contributed by atoms with Gasteiger partial charge in [0.2, 0.25) is 0 Å². The van der Waals surface area contributed by atoms with E-state index in [1.54, 1.807) is 24.3 Å². The van der Waals surface area contributed by atoms with Crippen LogP contribution in [-0.4, -0.2) is 35.9 Å². The van der Waals surface area contributed by atoms with Gasteiger partial charge in [0.1, 0.15) is 0 Å². The van der Waals surface area contributed by atoms with Crippen molar-refractivity contribution >= 4 is 11.7 Å². The molecule has 0 saturated heterocycles. The van der Waals surface area contributed by atoms with Gasteiger partial charge in [0, 0.05) is 18.8 Å². The SMILES string of the molecule is C=CCN(CCO)c1ccc(C(=O)O)cc1C. The molecule has 0 atom stereocenters. The minimum Gasteiger partial charge on any atom is -0.478 e. The second kappa shape index (κ2) is 6.06. The Bertz CT molecular complexity index is 415. The number of carboxylic acids is 1. The number of aryl methyl sites for hydroxylation is 1. The van der Waals surface area contributed by atoms with Gasteiger partial charge in [0.25, 0.3) is 0 Å². The van der Waals surface area contributed by atoms with Gasteiger partial charge in [-0.2, -0.15) is 0 Å². The molecule has 0 spiro atoms. The molecule has 2 N–H and O–H groups in total. The minimum atomic E-state index is -0.933. The number of aliphatic hydroxyl groups is 1. The third-order valence-electron chi connectivity index (χ3n) is 2.50. The molecule has 0 aromatic heterocycles. The van der Waals surface area contributed by atoms with Crippen molar-refractivity contribution in [1.82, 2.24) is 0 Å². The molecule has 0 aliphatic carbocycles. The van der Waals surface area contributed by atoms with Gasteiger partial charge in [-0.3, -0.25) is 0 Å². The average Bonchev–Trinajstić information content (AvgIpc) is 2.28. The van der Waals surface area contributed by atoms with Crippen LogP contribution in [0, 0.1) is 6.92 Å². The Kier molecular flexibility index (Phi) is 4.72. The molecule has 92 valence electrons. The lowest BCUT2D eigenvalue weighted by molar-refractivity contribution is 0.0697. The molecule has 4 nitrogen and oxygen atoms in total. The average molecular weight is 235 g/mol. The molecule has 4 heteroatoms. The topological polar surface area (TPSA) is 60.8 Å². The van der Waals surface area contributed by atoms with Crippen LogP contribution in [0.2, 0.25) is 0 Å². The summed E-state index contributed by atoms with van der Waals surface area (Å²) in [5, 5.41) is 17.9. The number of nitrogens with zero attached hydrogens (tertiary/aromatic N) is 1. The van der Waals surface area contributed by atoms with Crippen LogP contribution in [0.3, 0.4) is 0 Å². The van der Waals surface area contributed by atoms with E-state index in [2.05, 4.69) is 6.58 Å². The van der Waals surface area contributed by atoms with E-state index in [-0.39, 0.29) is 12.2 Å². The van der Waals surface area contributed by atoms with Crippen molar-refractivity contribution in [1.29, 1.82) is 0 Å². The van der Waals surface area contributed by atoms with Crippen LogP contribution >= 0.6 is 0 Å². The third kappa shape index (κ3) is 3.32. The monoisotopic (exact) mass is 235 g/mol. The molecule has 0 aliphatic heterocycles. The summed E-state index contributed by atoms with van der Waals surface area (Å²) in [6.45, 7) is 6.69. The molecule has 17 heavy (non-hydrogen) atoms. The van der Waals surface area contributed by atoms with Crippen molar-refractivity contribution in [2.75, 3.05) is 24.6 Å². The molecule has 0 fully saturated rings. The fourth-order valence-corrected chi connectivity index (χ4v) is 1.73. The summed E-state index contributed by atoms with van der Waals surface area (Å²) < 4.78 is 0. The van der Waals surface area contributed by atoms with Crippen LogP contribution in [0.25, 0.3) is 0 Å². The van der Waals surface area contributed by atoms with E-state index in [4.69, 9.17) is 10.2 Å². The van der Waals surface area contributed by atoms with E-state index in [0.717, 1.165) is 11.3 Å². The molecule has 1 aromatic rings. The van der Waals surface area contributed by atoms with Gasteiger partial charge in [-0.1, -0.05) is 6.08 Å². The van der Waals surface area contributed by atoms with Crippen LogP contribution < -0.4 is 4.90 Å². The third-order valence-corrected chi connectivity index (χ3v) is 2.50. The Morgan fingerprint density at radius 2 is 2.24 bits per heavy atom. The highest BCUT2D eigenvalue weighted by molar-refractivity contribution is 5.88. The van der Waals surface area contributed by atoms with E-state index in [9.17, 15) is 4.79 Å². The lowest BCUT2D eigenvalue weighted by atomic mass is 10.1. The number of aliphatic hydroxyl groups excluding tert-OH is 1. The minimum absolute atomic E-state index is 0.0496. The highest BCUT2D eigenvalue weighted by atomic mass is 16.4. The quantitative estimate of drug-likeness (QED) is 0.736. The van der Waals surface area contributed by atoms with Gasteiger partial charge >= 0.3 is 5.97 Å². The first-order valence-electron chi connectivity index (χ1n) is 5.40. The number of hydrogen-bond acceptors (Lipinski definition) is 3. The molecule has 1 aromatic carbocycles. The molecular formula is C13H17NO3. The first-order chi connectivity index (χ1) is 8.10. The standard InChI is InChI=1S/C13H17NO3/c1-3-6-14(7-8-15)12-5-4-11(13(16)17)9-10(12)2/h3-5,9,15H,1,6-8H2,2H3,(H,16,17). The highest BCUT2D eigenvalue weighted by Crippen LogP contribution is 2.21. The molecule has 0 heterocycles. The summed E-state index contributed by atoms with van der Waals surface area (Å²) in [5.74, 6) is -0.933. The van der Waals surface area contributed by atoms with Crippen LogP contribution in [0.15, 0.2) is 30.9 Å². The zero-order valence-electron chi connectivity index (χ0n) is 9.89. The van der Waals surface area contributed by atoms with Crippen molar-refractivity contribution in [2.24, 2.45) is 0 Å². The molecule has 0 amide bonds. The Morgan fingerprint density at radius 1 is 1.53 bits per heavy atom. The normalized spacial score (nSPS) is 10.0. The molecule has 0 unspecified atom stereocenters. The maximum absolute atomic E-state index is 10.8. The number of hydrogen-bond donors (Lipinski definition) is 2. The smallest absolute Gasteiger partial charge is 0.335 e. The van der Waals surface area contributed by atoms with Gasteiger partial charge in [0.15, 0.2) is 0 Å². The van der Waals surface area contributed by atoms with Gasteiger partial charge in [-0.25, -0.2) is 4.79 Å². The van der Waals surface area contributed by atoms with Crippen molar-refractivity contribution in [2.45, 2.75) is 6.92 Å². The summed E-state index contributed by atoms with van der Waals surface area (Å²) in [7, 11) is 0. The van der Waals surface area contributed by atoms with Gasteiger partial charge < -0.3 is 15.1 Å². The van der Waals surface area contributed by atoms with E-state index >= 15 is 0 Å². The van der Waals surface area contributed by atoms with Gasteiger partial charge in [-0.05, 0) is 30.7 Å². The fourth-order valence-electron chi connectivity index (χ4n) is 1.73. The number of anilines is 1. The molecule has 0 saturated carbocycles. The number of benzene rings is 1. The summed E-state index contributed by atoms with van der Waals surface area (Å²) in [6.07, 6.45) is 1.75. The first-order valence-corrected chi connectivity index (χ1v) is 5.40. The summed E-state index contributed by atoms with van der Waals surface area (Å²) in [6, 6.07) is 4.96. The zero-order valence-corrected chi connectivity index (χ0v) is 9.89. The molecule has 0 radical (unpaired) electrons. The van der Waals surface area contributed by atoms with Gasteiger partial charge in [0.05, 0.1) is 12.2 Å².